The van der Waals surface area contributed by atoms with Crippen LogP contribution in [-0.2, 0) is 4.43 Å². The lowest BCUT2D eigenvalue weighted by molar-refractivity contribution is 0.124. The minimum atomic E-state index is -1.65. The Morgan fingerprint density at radius 1 is 1.15 bits per heavy atom. The molecule has 2 rings (SSSR count). The molecule has 0 aromatic heterocycles. The molecule has 0 amide bonds. The van der Waals surface area contributed by atoms with Gasteiger partial charge in [-0.05, 0) is 43.1 Å². The second-order valence-electron chi connectivity index (χ2n) is 7.44. The van der Waals surface area contributed by atoms with Gasteiger partial charge in [0.25, 0.3) is 0 Å². The highest BCUT2D eigenvalue weighted by atomic mass is 28.4. The summed E-state index contributed by atoms with van der Waals surface area (Å²) in [4.78, 5) is 0. The van der Waals surface area contributed by atoms with Crippen molar-refractivity contribution in [3.05, 3.63) is 35.9 Å². The van der Waals surface area contributed by atoms with Crippen LogP contribution in [0.2, 0.25) is 18.1 Å². The Hall–Kier alpha value is -0.643. The zero-order valence-corrected chi connectivity index (χ0v) is 14.6. The summed E-state index contributed by atoms with van der Waals surface area (Å²) in [6, 6.07) is 11.2. The van der Waals surface area contributed by atoms with Gasteiger partial charge in [0.05, 0.1) is 0 Å². The normalized spacial score (nSPS) is 24.6. The summed E-state index contributed by atoms with van der Waals surface area (Å²) < 4.78 is 6.59. The van der Waals surface area contributed by atoms with Gasteiger partial charge < -0.3 is 9.74 Å². The zero-order valence-electron chi connectivity index (χ0n) is 13.6. The van der Waals surface area contributed by atoms with E-state index in [9.17, 15) is 0 Å². The van der Waals surface area contributed by atoms with Crippen molar-refractivity contribution in [3.63, 3.8) is 0 Å². The molecular weight excluding hydrogens is 262 g/mol. The predicted molar refractivity (Wildman–Crippen MR) is 88.5 cm³/mol. The minimum absolute atomic E-state index is 0.292. The van der Waals surface area contributed by atoms with Crippen molar-refractivity contribution in [2.75, 3.05) is 6.54 Å². The lowest BCUT2D eigenvalue weighted by Gasteiger charge is -2.42. The average molecular weight is 292 g/mol. The molecule has 1 unspecified atom stereocenters. The third-order valence-corrected chi connectivity index (χ3v) is 9.36. The Bertz CT molecular complexity index is 424. The predicted octanol–water partition coefficient (Wildman–Crippen LogP) is 4.50. The van der Waals surface area contributed by atoms with E-state index in [-0.39, 0.29) is 0 Å². The van der Waals surface area contributed by atoms with Crippen LogP contribution >= 0.6 is 0 Å². The van der Waals surface area contributed by atoms with E-state index in [4.69, 9.17) is 4.43 Å². The fourth-order valence-corrected chi connectivity index (χ4v) is 3.92. The summed E-state index contributed by atoms with van der Waals surface area (Å²) in [5.41, 5.74) is 1.39. The van der Waals surface area contributed by atoms with Crippen LogP contribution < -0.4 is 5.32 Å². The van der Waals surface area contributed by atoms with Crippen LogP contribution in [0.25, 0.3) is 0 Å². The first-order valence-corrected chi connectivity index (χ1v) is 10.7. The standard InChI is InChI=1S/C17H29NOSi/c1-17(2,3)20(4,5)19-15-11-12-18-16(13-15)14-9-7-6-8-10-14/h6-10,15-16,18H,11-13H2,1-5H3/t15?,16-/m0/s1. The molecule has 1 aliphatic rings. The Morgan fingerprint density at radius 2 is 1.80 bits per heavy atom. The molecule has 2 nitrogen and oxygen atoms in total. The summed E-state index contributed by atoms with van der Waals surface area (Å²) >= 11 is 0. The average Bonchev–Trinajstić information content (AvgIpc) is 2.38. The second-order valence-corrected chi connectivity index (χ2v) is 12.2. The molecule has 1 N–H and O–H groups in total. The maximum absolute atomic E-state index is 6.59. The molecule has 0 saturated carbocycles. The van der Waals surface area contributed by atoms with E-state index < -0.39 is 8.32 Å². The smallest absolute Gasteiger partial charge is 0.192 e. The van der Waals surface area contributed by atoms with Gasteiger partial charge in [-0.1, -0.05) is 51.1 Å². The van der Waals surface area contributed by atoms with Crippen molar-refractivity contribution in [2.24, 2.45) is 0 Å². The van der Waals surface area contributed by atoms with Crippen LogP contribution in [0.15, 0.2) is 30.3 Å². The fraction of sp³-hybridized carbons (Fsp3) is 0.647. The molecule has 0 aliphatic carbocycles. The molecule has 1 heterocycles. The molecule has 0 spiro atoms. The second kappa shape index (κ2) is 6.00. The topological polar surface area (TPSA) is 21.3 Å². The number of hydrogen-bond donors (Lipinski definition) is 1. The molecule has 1 aromatic carbocycles. The minimum Gasteiger partial charge on any atom is -0.414 e. The van der Waals surface area contributed by atoms with Crippen molar-refractivity contribution in [2.45, 2.75) is 63.9 Å². The lowest BCUT2D eigenvalue weighted by Crippen LogP contribution is -2.47. The van der Waals surface area contributed by atoms with Crippen molar-refractivity contribution >= 4 is 8.32 Å². The van der Waals surface area contributed by atoms with Gasteiger partial charge in [0.15, 0.2) is 8.32 Å². The summed E-state index contributed by atoms with van der Waals surface area (Å²) in [6.45, 7) is 12.7. The molecular formula is C17H29NOSi. The van der Waals surface area contributed by atoms with Gasteiger partial charge >= 0.3 is 0 Å². The summed E-state index contributed by atoms with van der Waals surface area (Å²) in [5.74, 6) is 0. The van der Waals surface area contributed by atoms with Crippen LogP contribution in [0.3, 0.4) is 0 Å². The molecule has 112 valence electrons. The number of rotatable bonds is 3. The zero-order chi connectivity index (χ0) is 14.8. The first kappa shape index (κ1) is 15.7. The molecule has 1 aromatic rings. The Labute approximate surface area is 125 Å². The van der Waals surface area contributed by atoms with Crippen LogP contribution in [0, 0.1) is 0 Å². The van der Waals surface area contributed by atoms with E-state index in [1.54, 1.807) is 0 Å². The largest absolute Gasteiger partial charge is 0.414 e. The first-order valence-electron chi connectivity index (χ1n) is 7.76. The summed E-state index contributed by atoms with van der Waals surface area (Å²) in [7, 11) is -1.65. The maximum Gasteiger partial charge on any atom is 0.192 e. The Kier molecular flexibility index (Phi) is 4.72. The third-order valence-electron chi connectivity index (χ3n) is 4.83. The lowest BCUT2D eigenvalue weighted by atomic mass is 9.96. The monoisotopic (exact) mass is 291 g/mol. The van der Waals surface area contributed by atoms with E-state index in [1.807, 2.05) is 0 Å². The van der Waals surface area contributed by atoms with Crippen LogP contribution in [0.1, 0.15) is 45.2 Å². The highest BCUT2D eigenvalue weighted by Crippen LogP contribution is 2.39. The van der Waals surface area contributed by atoms with Gasteiger partial charge in [-0.15, -0.1) is 0 Å². The highest BCUT2D eigenvalue weighted by Gasteiger charge is 2.40. The number of hydrogen-bond acceptors (Lipinski definition) is 2. The third kappa shape index (κ3) is 3.71. The fourth-order valence-electron chi connectivity index (χ4n) is 2.52. The Morgan fingerprint density at radius 3 is 2.40 bits per heavy atom. The Balaban J connectivity index is 2.01. The van der Waals surface area contributed by atoms with Crippen LogP contribution in [-0.4, -0.2) is 21.0 Å². The molecule has 3 heteroatoms. The molecule has 1 aliphatic heterocycles. The number of piperidine rings is 1. The molecule has 20 heavy (non-hydrogen) atoms. The SMILES string of the molecule is CC(C)(C)[Si](C)(C)OC1CCN[C@H](c2ccccc2)C1. The van der Waals surface area contributed by atoms with Crippen molar-refractivity contribution in [3.8, 4) is 0 Å². The van der Waals surface area contributed by atoms with Gasteiger partial charge in [0.1, 0.15) is 0 Å². The molecule has 0 radical (unpaired) electrons. The molecule has 0 bridgehead atoms. The molecule has 1 fully saturated rings. The summed E-state index contributed by atoms with van der Waals surface area (Å²) in [6.07, 6.45) is 2.63. The van der Waals surface area contributed by atoms with Crippen LogP contribution in [0.4, 0.5) is 0 Å². The summed E-state index contributed by atoms with van der Waals surface area (Å²) in [5, 5.41) is 3.92. The first-order chi connectivity index (χ1) is 9.29. The quantitative estimate of drug-likeness (QED) is 0.828. The van der Waals surface area contributed by atoms with E-state index in [1.165, 1.54) is 5.56 Å². The van der Waals surface area contributed by atoms with Gasteiger partial charge in [-0.2, -0.15) is 0 Å². The highest BCUT2D eigenvalue weighted by molar-refractivity contribution is 6.74. The van der Waals surface area contributed by atoms with Crippen molar-refractivity contribution in [1.29, 1.82) is 0 Å². The van der Waals surface area contributed by atoms with E-state index in [0.717, 1.165) is 19.4 Å². The van der Waals surface area contributed by atoms with Crippen molar-refractivity contribution < 1.29 is 4.43 Å². The maximum atomic E-state index is 6.59. The number of nitrogens with one attached hydrogen (secondary N) is 1. The number of benzene rings is 1. The van der Waals surface area contributed by atoms with Crippen molar-refractivity contribution in [1.82, 2.24) is 5.32 Å². The molecule has 1 saturated heterocycles. The van der Waals surface area contributed by atoms with Gasteiger partial charge in [0, 0.05) is 12.1 Å². The van der Waals surface area contributed by atoms with E-state index in [2.05, 4.69) is 69.5 Å². The van der Waals surface area contributed by atoms with Gasteiger partial charge in [0.2, 0.25) is 0 Å². The van der Waals surface area contributed by atoms with E-state index in [0.29, 0.717) is 17.2 Å². The molecule has 2 atom stereocenters. The van der Waals surface area contributed by atoms with Gasteiger partial charge in [-0.3, -0.25) is 0 Å². The van der Waals surface area contributed by atoms with Crippen LogP contribution in [0.5, 0.6) is 0 Å². The van der Waals surface area contributed by atoms with Gasteiger partial charge in [-0.25, -0.2) is 0 Å². The van der Waals surface area contributed by atoms with E-state index >= 15 is 0 Å².